The van der Waals surface area contributed by atoms with Crippen molar-refractivity contribution >= 4 is 35.1 Å². The molecular weight excluding hydrogens is 450 g/mol. The number of nitrogens with zero attached hydrogens (tertiary/aromatic N) is 2. The fourth-order valence-corrected chi connectivity index (χ4v) is 3.29. The molecule has 0 aromatic heterocycles. The molecule has 178 valence electrons. The summed E-state index contributed by atoms with van der Waals surface area (Å²) in [5.74, 6) is -2.49. The molecular formula is C22H21N3O9. The van der Waals surface area contributed by atoms with Gasteiger partial charge < -0.3 is 19.5 Å². The van der Waals surface area contributed by atoms with E-state index in [2.05, 4.69) is 5.32 Å². The van der Waals surface area contributed by atoms with Gasteiger partial charge in [-0.05, 0) is 30.7 Å². The molecule has 3 rings (SSSR count). The zero-order valence-corrected chi connectivity index (χ0v) is 18.4. The minimum absolute atomic E-state index is 0.000594. The van der Waals surface area contributed by atoms with Gasteiger partial charge in [0.05, 0.1) is 40.5 Å². The van der Waals surface area contributed by atoms with Crippen molar-refractivity contribution in [2.75, 3.05) is 39.3 Å². The molecule has 2 aromatic rings. The number of amides is 3. The summed E-state index contributed by atoms with van der Waals surface area (Å²) in [6.07, 6.45) is 0.478. The molecule has 34 heavy (non-hydrogen) atoms. The zero-order chi connectivity index (χ0) is 24.8. The van der Waals surface area contributed by atoms with Crippen LogP contribution in [0, 0.1) is 10.1 Å². The van der Waals surface area contributed by atoms with E-state index in [1.54, 1.807) is 0 Å². The number of methoxy groups -OCH3 is 2. The van der Waals surface area contributed by atoms with Crippen LogP contribution in [0.3, 0.4) is 0 Å². The highest BCUT2D eigenvalue weighted by Crippen LogP contribution is 2.29. The van der Waals surface area contributed by atoms with Gasteiger partial charge in [0.25, 0.3) is 23.4 Å². The number of imide groups is 1. The van der Waals surface area contributed by atoms with Crippen LogP contribution in [0.1, 0.15) is 37.5 Å². The smallest absolute Gasteiger partial charge is 0.338 e. The highest BCUT2D eigenvalue weighted by atomic mass is 16.6. The molecule has 1 N–H and O–H groups in total. The number of esters is 1. The summed E-state index contributed by atoms with van der Waals surface area (Å²) >= 11 is 0. The van der Waals surface area contributed by atoms with E-state index in [-0.39, 0.29) is 40.4 Å². The van der Waals surface area contributed by atoms with E-state index in [0.717, 1.165) is 11.0 Å². The zero-order valence-electron chi connectivity index (χ0n) is 18.4. The van der Waals surface area contributed by atoms with Gasteiger partial charge in [0.2, 0.25) is 0 Å². The SMILES string of the molecule is COCCCN1C(=O)c2ccc(C(=O)OCC(=O)Nc3ccc([N+](=O)[O-])cc3OC)cc2C1=O. The Hall–Kier alpha value is -4.32. The lowest BCUT2D eigenvalue weighted by Crippen LogP contribution is -2.31. The number of benzene rings is 2. The van der Waals surface area contributed by atoms with Crippen LogP contribution in [-0.2, 0) is 14.3 Å². The first kappa shape index (κ1) is 24.3. The summed E-state index contributed by atoms with van der Waals surface area (Å²) in [5, 5.41) is 13.3. The predicted molar refractivity (Wildman–Crippen MR) is 117 cm³/mol. The van der Waals surface area contributed by atoms with E-state index in [1.165, 1.54) is 44.6 Å². The fraction of sp³-hybridized carbons (Fsp3) is 0.273. The van der Waals surface area contributed by atoms with Crippen LogP contribution in [0.5, 0.6) is 5.75 Å². The van der Waals surface area contributed by atoms with Gasteiger partial charge in [0.15, 0.2) is 6.61 Å². The summed E-state index contributed by atoms with van der Waals surface area (Å²) in [6, 6.07) is 7.57. The second-order valence-electron chi connectivity index (χ2n) is 7.13. The molecule has 0 atom stereocenters. The maximum atomic E-state index is 12.6. The number of nitro groups is 1. The molecule has 12 nitrogen and oxygen atoms in total. The van der Waals surface area contributed by atoms with Crippen LogP contribution in [0.25, 0.3) is 0 Å². The number of carbonyl (C=O) groups is 4. The number of nitro benzene ring substituents is 1. The first-order valence-corrected chi connectivity index (χ1v) is 10.1. The number of carbonyl (C=O) groups excluding carboxylic acids is 4. The van der Waals surface area contributed by atoms with Crippen LogP contribution in [0.15, 0.2) is 36.4 Å². The Kier molecular flexibility index (Phi) is 7.53. The molecule has 0 bridgehead atoms. The highest BCUT2D eigenvalue weighted by molar-refractivity contribution is 6.22. The van der Waals surface area contributed by atoms with E-state index < -0.39 is 35.2 Å². The van der Waals surface area contributed by atoms with Crippen LogP contribution in [0.2, 0.25) is 0 Å². The molecule has 2 aromatic carbocycles. The number of anilines is 1. The van der Waals surface area contributed by atoms with Crippen LogP contribution >= 0.6 is 0 Å². The van der Waals surface area contributed by atoms with Gasteiger partial charge in [-0.2, -0.15) is 0 Å². The maximum Gasteiger partial charge on any atom is 0.338 e. The second-order valence-corrected chi connectivity index (χ2v) is 7.13. The molecule has 0 fully saturated rings. The van der Waals surface area contributed by atoms with Gasteiger partial charge in [-0.15, -0.1) is 0 Å². The van der Waals surface area contributed by atoms with Gasteiger partial charge in [0, 0.05) is 26.3 Å². The molecule has 1 heterocycles. The van der Waals surface area contributed by atoms with Gasteiger partial charge in [-0.3, -0.25) is 29.4 Å². The first-order chi connectivity index (χ1) is 16.3. The quantitative estimate of drug-likeness (QED) is 0.180. The molecule has 1 aliphatic rings. The van der Waals surface area contributed by atoms with Crippen LogP contribution in [-0.4, -0.2) is 67.5 Å². The maximum absolute atomic E-state index is 12.6. The molecule has 0 unspecified atom stereocenters. The number of nitrogens with one attached hydrogen (secondary N) is 1. The average Bonchev–Trinajstić information content (AvgIpc) is 3.07. The topological polar surface area (TPSA) is 154 Å². The Morgan fingerprint density at radius 2 is 1.79 bits per heavy atom. The normalized spacial score (nSPS) is 12.4. The number of rotatable bonds is 10. The van der Waals surface area contributed by atoms with E-state index >= 15 is 0 Å². The van der Waals surface area contributed by atoms with Crippen molar-refractivity contribution in [1.29, 1.82) is 0 Å². The fourth-order valence-electron chi connectivity index (χ4n) is 3.29. The molecule has 1 aliphatic heterocycles. The molecule has 12 heteroatoms. The lowest BCUT2D eigenvalue weighted by atomic mass is 10.1. The van der Waals surface area contributed by atoms with Crippen LogP contribution < -0.4 is 10.1 Å². The highest BCUT2D eigenvalue weighted by Gasteiger charge is 2.35. The van der Waals surface area contributed by atoms with E-state index in [1.807, 2.05) is 0 Å². The van der Waals surface area contributed by atoms with Gasteiger partial charge in [-0.25, -0.2) is 4.79 Å². The number of hydrogen-bond donors (Lipinski definition) is 1. The van der Waals surface area contributed by atoms with Crippen molar-refractivity contribution in [1.82, 2.24) is 4.90 Å². The molecule has 0 aliphatic carbocycles. The second kappa shape index (κ2) is 10.5. The third kappa shape index (κ3) is 5.18. The number of non-ortho nitro benzene ring substituents is 1. The molecule has 0 saturated heterocycles. The molecule has 0 radical (unpaired) electrons. The Labute approximate surface area is 193 Å². The number of ether oxygens (including phenoxy) is 3. The Morgan fingerprint density at radius 3 is 2.47 bits per heavy atom. The molecule has 0 saturated carbocycles. The van der Waals surface area contributed by atoms with E-state index in [0.29, 0.717) is 13.0 Å². The van der Waals surface area contributed by atoms with Crippen LogP contribution in [0.4, 0.5) is 11.4 Å². The van der Waals surface area contributed by atoms with Crippen molar-refractivity contribution in [2.24, 2.45) is 0 Å². The van der Waals surface area contributed by atoms with Gasteiger partial charge >= 0.3 is 5.97 Å². The van der Waals surface area contributed by atoms with Crippen molar-refractivity contribution in [3.8, 4) is 5.75 Å². The molecule has 0 spiro atoms. The first-order valence-electron chi connectivity index (χ1n) is 10.1. The standard InChI is InChI=1S/C22H21N3O9/c1-32-9-3-8-24-20(27)15-6-4-13(10-16(15)21(24)28)22(29)34-12-19(26)23-17-7-5-14(25(30)31)11-18(17)33-2/h4-7,10-11H,3,8-9,12H2,1-2H3,(H,23,26). The Balaban J connectivity index is 1.62. The van der Waals surface area contributed by atoms with E-state index in [9.17, 15) is 29.3 Å². The monoisotopic (exact) mass is 471 g/mol. The number of fused-ring (bicyclic) bond motifs is 1. The minimum atomic E-state index is -0.869. The summed E-state index contributed by atoms with van der Waals surface area (Å²) in [5.41, 5.74) is 0.200. The van der Waals surface area contributed by atoms with Crippen molar-refractivity contribution < 1.29 is 38.3 Å². The van der Waals surface area contributed by atoms with Gasteiger partial charge in [-0.1, -0.05) is 0 Å². The summed E-state index contributed by atoms with van der Waals surface area (Å²) in [7, 11) is 2.80. The van der Waals surface area contributed by atoms with Gasteiger partial charge in [0.1, 0.15) is 5.75 Å². The molecule has 3 amide bonds. The summed E-state index contributed by atoms with van der Waals surface area (Å²) in [6.45, 7) is -0.0862. The summed E-state index contributed by atoms with van der Waals surface area (Å²) in [4.78, 5) is 60.9. The Bertz CT molecular complexity index is 1160. The largest absolute Gasteiger partial charge is 0.494 e. The van der Waals surface area contributed by atoms with Crippen molar-refractivity contribution in [3.05, 3.63) is 63.2 Å². The van der Waals surface area contributed by atoms with E-state index in [4.69, 9.17) is 14.2 Å². The Morgan fingerprint density at radius 1 is 1.06 bits per heavy atom. The average molecular weight is 471 g/mol. The lowest BCUT2D eigenvalue weighted by molar-refractivity contribution is -0.384. The van der Waals surface area contributed by atoms with Crippen molar-refractivity contribution in [3.63, 3.8) is 0 Å². The third-order valence-corrected chi connectivity index (χ3v) is 4.94. The number of hydrogen-bond acceptors (Lipinski definition) is 9. The lowest BCUT2D eigenvalue weighted by Gasteiger charge is -2.12. The predicted octanol–water partition coefficient (Wildman–Crippen LogP) is 2.03. The third-order valence-electron chi connectivity index (χ3n) is 4.94. The summed E-state index contributed by atoms with van der Waals surface area (Å²) < 4.78 is 15.0. The van der Waals surface area contributed by atoms with Crippen molar-refractivity contribution in [2.45, 2.75) is 6.42 Å². The minimum Gasteiger partial charge on any atom is -0.494 e.